The highest BCUT2D eigenvalue weighted by atomic mass is 16.5. The van der Waals surface area contributed by atoms with E-state index in [0.29, 0.717) is 18.0 Å². The van der Waals surface area contributed by atoms with Crippen molar-refractivity contribution in [3.05, 3.63) is 0 Å². The first-order valence-electron chi connectivity index (χ1n) is 7.18. The quantitative estimate of drug-likeness (QED) is 0.244. The van der Waals surface area contributed by atoms with Gasteiger partial charge in [0.05, 0.1) is 6.10 Å². The van der Waals surface area contributed by atoms with Gasteiger partial charge in [-0.15, -0.1) is 0 Å². The van der Waals surface area contributed by atoms with E-state index >= 15 is 0 Å². The van der Waals surface area contributed by atoms with Crippen LogP contribution >= 0.6 is 0 Å². The van der Waals surface area contributed by atoms with Crippen molar-refractivity contribution in [3.63, 3.8) is 0 Å². The summed E-state index contributed by atoms with van der Waals surface area (Å²) in [4.78, 5) is 2.40. The first kappa shape index (κ1) is 16.2. The van der Waals surface area contributed by atoms with Crippen molar-refractivity contribution in [2.24, 2.45) is 16.3 Å². The number of unbranched alkanes of at least 4 members (excludes halogenated alkanes) is 1. The van der Waals surface area contributed by atoms with Crippen LogP contribution in [0.2, 0.25) is 0 Å². The Morgan fingerprint density at radius 2 is 2.16 bits per heavy atom. The SMILES string of the molecule is CC1OCCC1N(C)CCCCC(C)(C)C(N)=NO. The van der Waals surface area contributed by atoms with Gasteiger partial charge in [-0.1, -0.05) is 25.4 Å². The van der Waals surface area contributed by atoms with Gasteiger partial charge in [0.1, 0.15) is 5.84 Å². The second-order valence-electron chi connectivity index (χ2n) is 6.24. The molecule has 1 saturated heterocycles. The Kier molecular flexibility index (Phi) is 6.07. The zero-order valence-electron chi connectivity index (χ0n) is 12.7. The molecule has 112 valence electrons. The second-order valence-corrected chi connectivity index (χ2v) is 6.24. The molecule has 1 heterocycles. The van der Waals surface area contributed by atoms with Gasteiger partial charge in [-0.3, -0.25) is 0 Å². The van der Waals surface area contributed by atoms with Crippen molar-refractivity contribution in [2.45, 2.75) is 58.6 Å². The molecule has 0 amide bonds. The lowest BCUT2D eigenvalue weighted by molar-refractivity contribution is 0.0829. The summed E-state index contributed by atoms with van der Waals surface area (Å²) in [6, 6.07) is 0.553. The molecule has 2 unspecified atom stereocenters. The third kappa shape index (κ3) is 4.66. The summed E-state index contributed by atoms with van der Waals surface area (Å²) < 4.78 is 5.59. The summed E-state index contributed by atoms with van der Waals surface area (Å²) in [6.45, 7) is 8.13. The molecule has 0 bridgehead atoms. The minimum absolute atomic E-state index is 0.225. The lowest BCUT2D eigenvalue weighted by Gasteiger charge is -2.27. The smallest absolute Gasteiger partial charge is 0.144 e. The van der Waals surface area contributed by atoms with E-state index < -0.39 is 0 Å². The van der Waals surface area contributed by atoms with Crippen molar-refractivity contribution in [1.82, 2.24) is 4.90 Å². The molecule has 0 aromatic carbocycles. The zero-order valence-corrected chi connectivity index (χ0v) is 12.7. The van der Waals surface area contributed by atoms with E-state index in [1.165, 1.54) is 0 Å². The van der Waals surface area contributed by atoms with Crippen LogP contribution in [-0.2, 0) is 4.74 Å². The maximum atomic E-state index is 8.73. The van der Waals surface area contributed by atoms with E-state index in [9.17, 15) is 0 Å². The van der Waals surface area contributed by atoms with Gasteiger partial charge in [0.2, 0.25) is 0 Å². The molecule has 0 saturated carbocycles. The van der Waals surface area contributed by atoms with Crippen molar-refractivity contribution in [2.75, 3.05) is 20.2 Å². The Labute approximate surface area is 116 Å². The Morgan fingerprint density at radius 1 is 1.47 bits per heavy atom. The molecule has 1 aliphatic rings. The van der Waals surface area contributed by atoms with Crippen molar-refractivity contribution in [3.8, 4) is 0 Å². The van der Waals surface area contributed by atoms with E-state index in [1.54, 1.807) is 0 Å². The fourth-order valence-corrected chi connectivity index (χ4v) is 2.66. The van der Waals surface area contributed by atoms with Crippen LogP contribution in [0.3, 0.4) is 0 Å². The maximum Gasteiger partial charge on any atom is 0.144 e. The van der Waals surface area contributed by atoms with Crippen LogP contribution in [0.1, 0.15) is 46.5 Å². The maximum absolute atomic E-state index is 8.73. The predicted octanol–water partition coefficient (Wildman–Crippen LogP) is 2.04. The number of oxime groups is 1. The molecular formula is C14H29N3O2. The number of hydrogen-bond acceptors (Lipinski definition) is 4. The fourth-order valence-electron chi connectivity index (χ4n) is 2.66. The zero-order chi connectivity index (χ0) is 14.5. The van der Waals surface area contributed by atoms with Gasteiger partial charge in [-0.25, -0.2) is 0 Å². The molecule has 1 aliphatic heterocycles. The van der Waals surface area contributed by atoms with Crippen molar-refractivity contribution in [1.29, 1.82) is 0 Å². The van der Waals surface area contributed by atoms with Crippen LogP contribution in [0.5, 0.6) is 0 Å². The summed E-state index contributed by atoms with van der Waals surface area (Å²) >= 11 is 0. The third-order valence-electron chi connectivity index (χ3n) is 4.27. The molecule has 0 radical (unpaired) electrons. The van der Waals surface area contributed by atoms with Gasteiger partial charge in [-0.05, 0) is 39.8 Å². The summed E-state index contributed by atoms with van der Waals surface area (Å²) in [6.07, 6.45) is 4.62. The Morgan fingerprint density at radius 3 is 2.68 bits per heavy atom. The number of hydrogen-bond donors (Lipinski definition) is 2. The van der Waals surface area contributed by atoms with Gasteiger partial charge >= 0.3 is 0 Å². The molecule has 19 heavy (non-hydrogen) atoms. The monoisotopic (exact) mass is 271 g/mol. The van der Waals surface area contributed by atoms with Gasteiger partial charge < -0.3 is 20.6 Å². The highest BCUT2D eigenvalue weighted by Crippen LogP contribution is 2.24. The first-order chi connectivity index (χ1) is 8.88. The average Bonchev–Trinajstić information content (AvgIpc) is 2.79. The van der Waals surface area contributed by atoms with Gasteiger partial charge in [0, 0.05) is 18.1 Å². The predicted molar refractivity (Wildman–Crippen MR) is 77.5 cm³/mol. The fraction of sp³-hybridized carbons (Fsp3) is 0.929. The number of amidine groups is 1. The number of nitrogens with two attached hydrogens (primary N) is 1. The minimum Gasteiger partial charge on any atom is -0.409 e. The van der Waals surface area contributed by atoms with Crippen LogP contribution < -0.4 is 5.73 Å². The Balaban J connectivity index is 2.24. The van der Waals surface area contributed by atoms with E-state index in [1.807, 2.05) is 13.8 Å². The van der Waals surface area contributed by atoms with Crippen molar-refractivity contribution >= 4 is 5.84 Å². The van der Waals surface area contributed by atoms with E-state index in [0.717, 1.165) is 38.8 Å². The van der Waals surface area contributed by atoms with Gasteiger partial charge in [0.15, 0.2) is 0 Å². The van der Waals surface area contributed by atoms with Gasteiger partial charge in [0.25, 0.3) is 0 Å². The Bertz CT molecular complexity index is 305. The van der Waals surface area contributed by atoms with Crippen LogP contribution in [0.4, 0.5) is 0 Å². The minimum atomic E-state index is -0.225. The van der Waals surface area contributed by atoms with E-state index in [-0.39, 0.29) is 5.41 Å². The molecule has 0 spiro atoms. The standard InChI is InChI=1S/C14H29N3O2/c1-11-12(7-10-19-11)17(4)9-6-5-8-14(2,3)13(15)16-18/h11-12,18H,5-10H2,1-4H3,(H2,15,16). The first-order valence-corrected chi connectivity index (χ1v) is 7.18. The highest BCUT2D eigenvalue weighted by molar-refractivity contribution is 5.85. The van der Waals surface area contributed by atoms with Crippen LogP contribution in [0.25, 0.3) is 0 Å². The lowest BCUT2D eigenvalue weighted by atomic mass is 9.86. The molecule has 2 atom stereocenters. The average molecular weight is 271 g/mol. The van der Waals surface area contributed by atoms with E-state index in [2.05, 4.69) is 24.0 Å². The highest BCUT2D eigenvalue weighted by Gasteiger charge is 2.27. The summed E-state index contributed by atoms with van der Waals surface area (Å²) in [5.74, 6) is 0.318. The molecule has 5 nitrogen and oxygen atoms in total. The molecule has 0 aromatic heterocycles. The molecular weight excluding hydrogens is 242 g/mol. The van der Waals surface area contributed by atoms with Crippen LogP contribution in [0, 0.1) is 5.41 Å². The van der Waals surface area contributed by atoms with Crippen molar-refractivity contribution < 1.29 is 9.94 Å². The summed E-state index contributed by atoms with van der Waals surface area (Å²) in [7, 11) is 2.17. The number of rotatable bonds is 7. The van der Waals surface area contributed by atoms with Crippen LogP contribution in [0.15, 0.2) is 5.16 Å². The Hall–Kier alpha value is -0.810. The van der Waals surface area contributed by atoms with Crippen LogP contribution in [-0.4, -0.2) is 48.3 Å². The second kappa shape index (κ2) is 7.10. The molecule has 0 aromatic rings. The molecule has 0 aliphatic carbocycles. The molecule has 1 fully saturated rings. The van der Waals surface area contributed by atoms with E-state index in [4.69, 9.17) is 15.7 Å². The number of nitrogens with zero attached hydrogens (tertiary/aromatic N) is 2. The topological polar surface area (TPSA) is 71.1 Å². The number of likely N-dealkylation sites (N-methyl/N-ethyl adjacent to an activating group) is 1. The lowest BCUT2D eigenvalue weighted by Crippen LogP contribution is -2.37. The third-order valence-corrected chi connectivity index (χ3v) is 4.27. The molecule has 3 N–H and O–H groups in total. The van der Waals surface area contributed by atoms with Gasteiger partial charge in [-0.2, -0.15) is 0 Å². The summed E-state index contributed by atoms with van der Waals surface area (Å²) in [5.41, 5.74) is 5.46. The normalized spacial score (nSPS) is 25.2. The molecule has 5 heteroatoms. The number of ether oxygens (including phenoxy) is 1. The largest absolute Gasteiger partial charge is 0.409 e. The summed E-state index contributed by atoms with van der Waals surface area (Å²) in [5, 5.41) is 11.8. The molecule has 1 rings (SSSR count).